The van der Waals surface area contributed by atoms with E-state index < -0.39 is 23.9 Å². The number of amidine groups is 1. The second kappa shape index (κ2) is 7.01. The maximum absolute atomic E-state index is 14.6. The summed E-state index contributed by atoms with van der Waals surface area (Å²) in [7, 11) is 1.44. The van der Waals surface area contributed by atoms with Crippen molar-refractivity contribution in [2.75, 3.05) is 19.1 Å². The average Bonchev–Trinajstić information content (AvgIpc) is 3.48. The molecule has 2 aliphatic rings. The summed E-state index contributed by atoms with van der Waals surface area (Å²) in [5.74, 6) is -0.972. The van der Waals surface area contributed by atoms with Gasteiger partial charge in [0.1, 0.15) is 23.7 Å². The van der Waals surface area contributed by atoms with Gasteiger partial charge in [-0.2, -0.15) is 0 Å². The normalized spacial score (nSPS) is 25.5. The van der Waals surface area contributed by atoms with E-state index >= 15 is 0 Å². The Morgan fingerprint density at radius 3 is 2.93 bits per heavy atom. The van der Waals surface area contributed by atoms with E-state index in [1.807, 2.05) is 0 Å². The first-order valence-corrected chi connectivity index (χ1v) is 9.40. The van der Waals surface area contributed by atoms with E-state index in [0.717, 1.165) is 6.42 Å². The number of nitrogens with one attached hydrogen (secondary N) is 1. The van der Waals surface area contributed by atoms with Crippen LogP contribution in [0.2, 0.25) is 0 Å². The van der Waals surface area contributed by atoms with Gasteiger partial charge in [-0.3, -0.25) is 4.79 Å². The Bertz CT molecular complexity index is 955. The summed E-state index contributed by atoms with van der Waals surface area (Å²) in [6, 6.07) is 3.99. The van der Waals surface area contributed by atoms with Crippen LogP contribution in [0.4, 0.5) is 14.5 Å². The smallest absolute Gasteiger partial charge is 0.275 e. The fourth-order valence-corrected chi connectivity index (χ4v) is 4.61. The summed E-state index contributed by atoms with van der Waals surface area (Å²) in [4.78, 5) is 24.5. The highest BCUT2D eigenvalue weighted by atomic mass is 32.2. The van der Waals surface area contributed by atoms with Crippen molar-refractivity contribution in [3.05, 3.63) is 47.7 Å². The molecule has 1 amide bonds. The number of anilines is 1. The number of aliphatic imine (C=N–C) groups is 1. The van der Waals surface area contributed by atoms with Crippen molar-refractivity contribution in [1.82, 2.24) is 9.97 Å². The Morgan fingerprint density at radius 1 is 1.43 bits per heavy atom. The molecule has 1 aliphatic heterocycles. The monoisotopic (exact) mass is 405 g/mol. The Hall–Kier alpha value is -2.75. The summed E-state index contributed by atoms with van der Waals surface area (Å²) in [6.07, 6.45) is 3.30. The third-order valence-corrected chi connectivity index (χ3v) is 6.05. The van der Waals surface area contributed by atoms with Crippen LogP contribution >= 0.6 is 11.8 Å². The zero-order valence-corrected chi connectivity index (χ0v) is 15.7. The van der Waals surface area contributed by atoms with E-state index in [0.29, 0.717) is 5.69 Å². The highest BCUT2D eigenvalue weighted by Crippen LogP contribution is 2.58. The average molecular weight is 405 g/mol. The second-order valence-electron chi connectivity index (χ2n) is 6.60. The molecule has 1 aromatic carbocycles. The van der Waals surface area contributed by atoms with E-state index in [2.05, 4.69) is 20.3 Å². The Kier molecular flexibility index (Phi) is 4.66. The highest BCUT2D eigenvalue weighted by molar-refractivity contribution is 8.14. The van der Waals surface area contributed by atoms with Gasteiger partial charge in [0.05, 0.1) is 19.5 Å². The standard InChI is InChI=1S/C18H17F2N5O2S/c1-27-15-7-22-13(6-23-15)16(26)24-9-2-3-12(20)10(4-9)18(8-19)11-5-14(11)28-17(21)25-18/h2-4,6-7,11,14H,5,8H2,1H3,(H2,21,25)(H,24,26)/t11-,14?,18-/m1/s1. The fraction of sp³-hybridized carbons (Fsp3) is 0.333. The molecule has 10 heteroatoms. The summed E-state index contributed by atoms with van der Waals surface area (Å²) < 4.78 is 33.6. The van der Waals surface area contributed by atoms with Gasteiger partial charge in [-0.05, 0) is 24.6 Å². The minimum atomic E-state index is -1.36. The summed E-state index contributed by atoms with van der Waals surface area (Å²) in [6.45, 7) is -0.867. The lowest BCUT2D eigenvalue weighted by Crippen LogP contribution is -2.36. The van der Waals surface area contributed by atoms with Crippen molar-refractivity contribution in [2.24, 2.45) is 16.6 Å². The van der Waals surface area contributed by atoms with Crippen molar-refractivity contribution >= 4 is 28.5 Å². The zero-order chi connectivity index (χ0) is 19.9. The molecule has 1 fully saturated rings. The molecule has 3 N–H and O–H groups in total. The van der Waals surface area contributed by atoms with Gasteiger partial charge in [0, 0.05) is 22.4 Å². The molecule has 146 valence electrons. The molecule has 1 saturated carbocycles. The molecule has 4 rings (SSSR count). The molecule has 7 nitrogen and oxygen atoms in total. The van der Waals surface area contributed by atoms with Crippen molar-refractivity contribution in [3.63, 3.8) is 0 Å². The Balaban J connectivity index is 1.64. The van der Waals surface area contributed by atoms with Crippen LogP contribution in [0.15, 0.2) is 35.6 Å². The number of carbonyl (C=O) groups is 1. The first kappa shape index (κ1) is 18.6. The SMILES string of the molecule is COc1cnc(C(=O)Nc2ccc(F)c([C@@]3(CF)N=C(N)SC4C[C@H]43)c2)cn1. The Morgan fingerprint density at radius 2 is 2.25 bits per heavy atom. The number of rotatable bonds is 5. The molecule has 0 bridgehead atoms. The van der Waals surface area contributed by atoms with E-state index in [-0.39, 0.29) is 33.5 Å². The molecule has 3 atom stereocenters. The molecule has 1 aliphatic carbocycles. The number of carbonyl (C=O) groups excluding carboxylic acids is 1. The van der Waals surface area contributed by atoms with Crippen molar-refractivity contribution < 1.29 is 18.3 Å². The van der Waals surface area contributed by atoms with Crippen molar-refractivity contribution in [1.29, 1.82) is 0 Å². The highest BCUT2D eigenvalue weighted by Gasteiger charge is 2.58. The predicted octanol–water partition coefficient (Wildman–Crippen LogP) is 2.49. The van der Waals surface area contributed by atoms with Crippen LogP contribution in [-0.4, -0.2) is 40.1 Å². The first-order valence-electron chi connectivity index (χ1n) is 8.52. The topological polar surface area (TPSA) is 102 Å². The van der Waals surface area contributed by atoms with Gasteiger partial charge in [-0.25, -0.2) is 23.7 Å². The number of alkyl halides is 1. The minimum absolute atomic E-state index is 0.0606. The molecule has 1 unspecified atom stereocenters. The molecule has 1 aromatic heterocycles. The number of nitrogens with two attached hydrogens (primary N) is 1. The second-order valence-corrected chi connectivity index (χ2v) is 7.86. The third kappa shape index (κ3) is 3.17. The quantitative estimate of drug-likeness (QED) is 0.792. The summed E-state index contributed by atoms with van der Waals surface area (Å²) in [5.41, 5.74) is 4.93. The predicted molar refractivity (Wildman–Crippen MR) is 102 cm³/mol. The summed E-state index contributed by atoms with van der Waals surface area (Å²) >= 11 is 1.39. The number of thioether (sulfide) groups is 1. The summed E-state index contributed by atoms with van der Waals surface area (Å²) in [5, 5.41) is 3.02. The Labute approximate surface area is 163 Å². The van der Waals surface area contributed by atoms with Gasteiger partial charge >= 0.3 is 0 Å². The third-order valence-electron chi connectivity index (χ3n) is 4.89. The molecule has 2 aromatic rings. The lowest BCUT2D eigenvalue weighted by atomic mass is 9.86. The lowest BCUT2D eigenvalue weighted by Gasteiger charge is -2.31. The van der Waals surface area contributed by atoms with E-state index in [9.17, 15) is 13.6 Å². The number of nitrogens with zero attached hydrogens (tertiary/aromatic N) is 3. The molecule has 0 radical (unpaired) electrons. The number of ether oxygens (including phenoxy) is 1. The maximum Gasteiger partial charge on any atom is 0.275 e. The number of hydrogen-bond acceptors (Lipinski definition) is 7. The fourth-order valence-electron chi connectivity index (χ4n) is 3.40. The van der Waals surface area contributed by atoms with Crippen molar-refractivity contribution in [2.45, 2.75) is 17.2 Å². The van der Waals surface area contributed by atoms with Crippen LogP contribution in [0.1, 0.15) is 22.5 Å². The minimum Gasteiger partial charge on any atom is -0.480 e. The number of aromatic nitrogens is 2. The molecule has 0 saturated heterocycles. The molecule has 28 heavy (non-hydrogen) atoms. The van der Waals surface area contributed by atoms with Gasteiger partial charge in [0.2, 0.25) is 5.88 Å². The van der Waals surface area contributed by atoms with E-state index in [4.69, 9.17) is 10.5 Å². The maximum atomic E-state index is 14.6. The largest absolute Gasteiger partial charge is 0.480 e. The van der Waals surface area contributed by atoms with Gasteiger partial charge in [-0.15, -0.1) is 0 Å². The number of halogens is 2. The number of fused-ring (bicyclic) bond motifs is 1. The zero-order valence-electron chi connectivity index (χ0n) is 14.9. The molecular weight excluding hydrogens is 388 g/mol. The van der Waals surface area contributed by atoms with Crippen molar-refractivity contribution in [3.8, 4) is 5.88 Å². The van der Waals surface area contributed by atoms with E-state index in [1.54, 1.807) is 0 Å². The van der Waals surface area contributed by atoms with Crippen LogP contribution in [0.3, 0.4) is 0 Å². The lowest BCUT2D eigenvalue weighted by molar-refractivity contribution is 0.102. The van der Waals surface area contributed by atoms with Crippen LogP contribution in [0.25, 0.3) is 0 Å². The van der Waals surface area contributed by atoms with Crippen LogP contribution < -0.4 is 15.8 Å². The van der Waals surface area contributed by atoms with E-state index in [1.165, 1.54) is 49.5 Å². The molecular formula is C18H17F2N5O2S. The number of methoxy groups -OCH3 is 1. The number of benzene rings is 1. The number of amides is 1. The van der Waals surface area contributed by atoms with Crippen LogP contribution in [0, 0.1) is 11.7 Å². The van der Waals surface area contributed by atoms with Gasteiger partial charge < -0.3 is 15.8 Å². The van der Waals surface area contributed by atoms with Gasteiger partial charge in [-0.1, -0.05) is 11.8 Å². The van der Waals surface area contributed by atoms with Gasteiger partial charge in [0.25, 0.3) is 5.91 Å². The molecule has 2 heterocycles. The first-order chi connectivity index (χ1) is 13.5. The van der Waals surface area contributed by atoms with Crippen LogP contribution in [0.5, 0.6) is 5.88 Å². The number of hydrogen-bond donors (Lipinski definition) is 2. The van der Waals surface area contributed by atoms with Gasteiger partial charge in [0.15, 0.2) is 5.17 Å². The molecule has 0 spiro atoms. The van der Waals surface area contributed by atoms with Crippen LogP contribution in [-0.2, 0) is 5.54 Å².